The lowest BCUT2D eigenvalue weighted by molar-refractivity contribution is 0.299. The summed E-state index contributed by atoms with van der Waals surface area (Å²) < 4.78 is 26.4. The quantitative estimate of drug-likeness (QED) is 0.796. The van der Waals surface area contributed by atoms with Gasteiger partial charge < -0.3 is 5.11 Å². The van der Waals surface area contributed by atoms with Crippen molar-refractivity contribution in [3.05, 3.63) is 29.8 Å². The standard InChI is InChI=1S/C14H23NO3S2/c1-12(9-11-19-3)15(2)20(17,18)14-6-4-13(5-7-14)8-10-16/h4-7,12,16H,8-11H2,1-3H3. The third kappa shape index (κ3) is 4.48. The SMILES string of the molecule is CSCCC(C)N(C)S(=O)(=O)c1ccc(CCO)cc1. The van der Waals surface area contributed by atoms with Crippen LogP contribution in [0.5, 0.6) is 0 Å². The summed E-state index contributed by atoms with van der Waals surface area (Å²) in [7, 11) is -1.81. The second-order valence-electron chi connectivity index (χ2n) is 4.77. The maximum Gasteiger partial charge on any atom is 0.243 e. The van der Waals surface area contributed by atoms with Gasteiger partial charge in [-0.25, -0.2) is 8.42 Å². The Bertz CT molecular complexity index is 500. The lowest BCUT2D eigenvalue weighted by atomic mass is 10.2. The van der Waals surface area contributed by atoms with Crippen molar-refractivity contribution in [2.24, 2.45) is 0 Å². The molecule has 0 bridgehead atoms. The largest absolute Gasteiger partial charge is 0.396 e. The van der Waals surface area contributed by atoms with Crippen LogP contribution in [-0.4, -0.2) is 49.5 Å². The van der Waals surface area contributed by atoms with Gasteiger partial charge in [-0.2, -0.15) is 16.1 Å². The molecule has 4 nitrogen and oxygen atoms in total. The van der Waals surface area contributed by atoms with Crippen LogP contribution in [0, 0.1) is 0 Å². The third-order valence-electron chi connectivity index (χ3n) is 3.36. The molecular formula is C14H23NO3S2. The summed E-state index contributed by atoms with van der Waals surface area (Å²) in [6.07, 6.45) is 3.39. The zero-order valence-electron chi connectivity index (χ0n) is 12.2. The highest BCUT2D eigenvalue weighted by Crippen LogP contribution is 2.19. The van der Waals surface area contributed by atoms with Crippen molar-refractivity contribution in [3.8, 4) is 0 Å². The van der Waals surface area contributed by atoms with Crippen LogP contribution in [-0.2, 0) is 16.4 Å². The molecule has 0 saturated heterocycles. The molecule has 0 aliphatic heterocycles. The molecule has 0 amide bonds. The second kappa shape index (κ2) is 8.02. The fourth-order valence-electron chi connectivity index (χ4n) is 1.83. The second-order valence-corrected chi connectivity index (χ2v) is 7.75. The Morgan fingerprint density at radius 3 is 2.40 bits per heavy atom. The number of rotatable bonds is 8. The molecule has 0 fully saturated rings. The third-order valence-corrected chi connectivity index (χ3v) is 5.99. The first-order chi connectivity index (χ1) is 9.43. The van der Waals surface area contributed by atoms with Gasteiger partial charge in [0.1, 0.15) is 0 Å². The first-order valence-electron chi connectivity index (χ1n) is 6.60. The van der Waals surface area contributed by atoms with E-state index in [0.29, 0.717) is 11.3 Å². The lowest BCUT2D eigenvalue weighted by Gasteiger charge is -2.24. The minimum atomic E-state index is -3.44. The van der Waals surface area contributed by atoms with E-state index in [1.165, 1.54) is 4.31 Å². The molecule has 1 aromatic carbocycles. The molecule has 1 unspecified atom stereocenters. The Labute approximate surface area is 126 Å². The van der Waals surface area contributed by atoms with Crippen LogP contribution in [0.1, 0.15) is 18.9 Å². The van der Waals surface area contributed by atoms with Crippen molar-refractivity contribution in [1.82, 2.24) is 4.31 Å². The summed E-state index contributed by atoms with van der Waals surface area (Å²) in [5, 5.41) is 8.86. The van der Waals surface area contributed by atoms with Gasteiger partial charge in [0, 0.05) is 19.7 Å². The molecule has 1 rings (SSSR count). The average molecular weight is 317 g/mol. The van der Waals surface area contributed by atoms with Crippen LogP contribution in [0.15, 0.2) is 29.2 Å². The number of nitrogens with zero attached hydrogens (tertiary/aromatic N) is 1. The molecule has 0 saturated carbocycles. The fraction of sp³-hybridized carbons (Fsp3) is 0.571. The van der Waals surface area contributed by atoms with Gasteiger partial charge in [0.15, 0.2) is 0 Å². The molecule has 0 spiro atoms. The van der Waals surface area contributed by atoms with E-state index in [4.69, 9.17) is 5.11 Å². The molecule has 1 aromatic rings. The van der Waals surface area contributed by atoms with E-state index in [-0.39, 0.29) is 12.6 Å². The Morgan fingerprint density at radius 1 is 1.30 bits per heavy atom. The van der Waals surface area contributed by atoms with Gasteiger partial charge in [-0.1, -0.05) is 12.1 Å². The van der Waals surface area contributed by atoms with Gasteiger partial charge in [-0.15, -0.1) is 0 Å². The predicted octanol–water partition coefficient (Wildman–Crippen LogP) is 1.98. The van der Waals surface area contributed by atoms with E-state index < -0.39 is 10.0 Å². The number of benzene rings is 1. The molecular weight excluding hydrogens is 294 g/mol. The van der Waals surface area contributed by atoms with E-state index in [1.807, 2.05) is 13.2 Å². The van der Waals surface area contributed by atoms with E-state index >= 15 is 0 Å². The topological polar surface area (TPSA) is 57.6 Å². The summed E-state index contributed by atoms with van der Waals surface area (Å²) >= 11 is 1.72. The molecule has 6 heteroatoms. The summed E-state index contributed by atoms with van der Waals surface area (Å²) in [5.74, 6) is 0.941. The predicted molar refractivity (Wildman–Crippen MR) is 84.6 cm³/mol. The molecule has 1 N–H and O–H groups in total. The van der Waals surface area contributed by atoms with Gasteiger partial charge in [0.2, 0.25) is 10.0 Å². The van der Waals surface area contributed by atoms with Crippen LogP contribution in [0.25, 0.3) is 0 Å². The molecule has 0 aromatic heterocycles. The average Bonchev–Trinajstić information content (AvgIpc) is 2.44. The Kier molecular flexibility index (Phi) is 7.02. The highest BCUT2D eigenvalue weighted by atomic mass is 32.2. The van der Waals surface area contributed by atoms with Crippen molar-refractivity contribution in [1.29, 1.82) is 0 Å². The van der Waals surface area contributed by atoms with E-state index in [9.17, 15) is 8.42 Å². The van der Waals surface area contributed by atoms with Crippen molar-refractivity contribution in [2.45, 2.75) is 30.7 Å². The summed E-state index contributed by atoms with van der Waals surface area (Å²) in [6, 6.07) is 6.70. The molecule has 0 aliphatic carbocycles. The van der Waals surface area contributed by atoms with Gasteiger partial charge in [-0.05, 0) is 49.5 Å². The normalized spacial score (nSPS) is 13.7. The van der Waals surface area contributed by atoms with Crippen LogP contribution in [0.4, 0.5) is 0 Å². The van der Waals surface area contributed by atoms with Crippen LogP contribution in [0.3, 0.4) is 0 Å². The molecule has 0 aliphatic rings. The first-order valence-corrected chi connectivity index (χ1v) is 9.43. The smallest absolute Gasteiger partial charge is 0.243 e. The maximum atomic E-state index is 12.5. The minimum Gasteiger partial charge on any atom is -0.396 e. The number of thioether (sulfide) groups is 1. The molecule has 0 radical (unpaired) electrons. The minimum absolute atomic E-state index is 0.0235. The Hall–Kier alpha value is -0.560. The Morgan fingerprint density at radius 2 is 1.90 bits per heavy atom. The summed E-state index contributed by atoms with van der Waals surface area (Å²) in [5.41, 5.74) is 0.935. The lowest BCUT2D eigenvalue weighted by Crippen LogP contribution is -2.35. The Balaban J connectivity index is 2.86. The number of sulfonamides is 1. The highest BCUT2D eigenvalue weighted by molar-refractivity contribution is 7.98. The van der Waals surface area contributed by atoms with Crippen LogP contribution < -0.4 is 0 Å². The van der Waals surface area contributed by atoms with Crippen molar-refractivity contribution in [3.63, 3.8) is 0 Å². The van der Waals surface area contributed by atoms with Crippen LogP contribution in [0.2, 0.25) is 0 Å². The van der Waals surface area contributed by atoms with E-state index in [0.717, 1.165) is 17.7 Å². The molecule has 1 atom stereocenters. The van der Waals surface area contributed by atoms with Gasteiger partial charge >= 0.3 is 0 Å². The molecule has 20 heavy (non-hydrogen) atoms. The monoisotopic (exact) mass is 317 g/mol. The van der Waals surface area contributed by atoms with Gasteiger partial charge in [0.25, 0.3) is 0 Å². The van der Waals surface area contributed by atoms with Gasteiger partial charge in [-0.3, -0.25) is 0 Å². The van der Waals surface area contributed by atoms with E-state index in [2.05, 4.69) is 0 Å². The highest BCUT2D eigenvalue weighted by Gasteiger charge is 2.24. The fourth-order valence-corrected chi connectivity index (χ4v) is 3.80. The zero-order valence-corrected chi connectivity index (χ0v) is 13.9. The molecule has 114 valence electrons. The van der Waals surface area contributed by atoms with Gasteiger partial charge in [0.05, 0.1) is 4.90 Å². The van der Waals surface area contributed by atoms with Crippen molar-refractivity contribution in [2.75, 3.05) is 25.7 Å². The summed E-state index contributed by atoms with van der Waals surface area (Å²) in [4.78, 5) is 0.303. The number of aliphatic hydroxyl groups is 1. The zero-order chi connectivity index (χ0) is 15.2. The van der Waals surface area contributed by atoms with Crippen LogP contribution >= 0.6 is 11.8 Å². The number of hydrogen-bond donors (Lipinski definition) is 1. The summed E-state index contributed by atoms with van der Waals surface area (Å²) in [6.45, 7) is 1.99. The van der Waals surface area contributed by atoms with Crippen molar-refractivity contribution < 1.29 is 13.5 Å². The number of hydrogen-bond acceptors (Lipinski definition) is 4. The maximum absolute atomic E-state index is 12.5. The number of aliphatic hydroxyl groups excluding tert-OH is 1. The van der Waals surface area contributed by atoms with E-state index in [1.54, 1.807) is 43.1 Å². The molecule has 0 heterocycles. The van der Waals surface area contributed by atoms with Crippen molar-refractivity contribution >= 4 is 21.8 Å². The first kappa shape index (κ1) is 17.5.